The fourth-order valence-corrected chi connectivity index (χ4v) is 3.49. The van der Waals surface area contributed by atoms with Crippen LogP contribution in [0.3, 0.4) is 0 Å². The van der Waals surface area contributed by atoms with Gasteiger partial charge in [-0.05, 0) is 73.0 Å². The average Bonchev–Trinajstić information content (AvgIpc) is 3.24. The molecule has 0 saturated carbocycles. The Morgan fingerprint density at radius 1 is 1.12 bits per heavy atom. The lowest BCUT2D eigenvalue weighted by molar-refractivity contribution is 0.0792. The monoisotopic (exact) mass is 403 g/mol. The lowest BCUT2D eigenvalue weighted by atomic mass is 10.2. The van der Waals surface area contributed by atoms with Crippen molar-refractivity contribution in [2.75, 3.05) is 18.4 Å². The molecule has 1 fully saturated rings. The zero-order valence-corrected chi connectivity index (χ0v) is 16.0. The maximum Gasteiger partial charge on any atom is 0.272 e. The molecule has 0 bridgehead atoms. The van der Waals surface area contributed by atoms with E-state index in [1.54, 1.807) is 30.3 Å². The molecule has 1 saturated heterocycles. The van der Waals surface area contributed by atoms with E-state index in [1.165, 1.54) is 0 Å². The Morgan fingerprint density at radius 2 is 1.76 bits per heavy atom. The molecule has 1 aliphatic heterocycles. The number of hydrogen-bond donors (Lipinski definition) is 1. The van der Waals surface area contributed by atoms with Crippen molar-refractivity contribution < 1.29 is 9.59 Å². The molecular formula is C19H22BrN3O2. The molecule has 2 aromatic rings. The summed E-state index contributed by atoms with van der Waals surface area (Å²) in [6.45, 7) is 5.72. The highest BCUT2D eigenvalue weighted by atomic mass is 79.9. The van der Waals surface area contributed by atoms with Crippen molar-refractivity contribution in [3.8, 4) is 0 Å². The van der Waals surface area contributed by atoms with Gasteiger partial charge in [0.2, 0.25) is 0 Å². The van der Waals surface area contributed by atoms with Crippen molar-refractivity contribution in [3.05, 3.63) is 52.3 Å². The van der Waals surface area contributed by atoms with Crippen molar-refractivity contribution in [2.45, 2.75) is 32.7 Å². The Hall–Kier alpha value is -2.08. The van der Waals surface area contributed by atoms with Crippen molar-refractivity contribution in [2.24, 2.45) is 0 Å². The summed E-state index contributed by atoms with van der Waals surface area (Å²) in [5.74, 6) is -0.106. The SMILES string of the molecule is CC(C)n1cc(Br)cc1C(=O)Nc1ccc(C(=O)N2CCCC2)cc1. The molecule has 0 atom stereocenters. The highest BCUT2D eigenvalue weighted by Gasteiger charge is 2.19. The van der Waals surface area contributed by atoms with Crippen molar-refractivity contribution >= 4 is 33.4 Å². The number of carbonyl (C=O) groups is 2. The molecule has 1 aromatic carbocycles. The third-order valence-corrected chi connectivity index (χ3v) is 4.82. The van der Waals surface area contributed by atoms with E-state index in [9.17, 15) is 9.59 Å². The molecule has 1 N–H and O–H groups in total. The Bertz CT molecular complexity index is 774. The molecule has 2 amide bonds. The van der Waals surface area contributed by atoms with Gasteiger partial charge < -0.3 is 14.8 Å². The molecule has 0 unspecified atom stereocenters. The van der Waals surface area contributed by atoms with Gasteiger partial charge in [-0.1, -0.05) is 0 Å². The smallest absolute Gasteiger partial charge is 0.272 e. The molecule has 1 aromatic heterocycles. The van der Waals surface area contributed by atoms with E-state index in [-0.39, 0.29) is 17.9 Å². The molecule has 25 heavy (non-hydrogen) atoms. The number of benzene rings is 1. The average molecular weight is 404 g/mol. The Kier molecular flexibility index (Phi) is 5.27. The van der Waals surface area contributed by atoms with E-state index in [1.807, 2.05) is 29.5 Å². The summed E-state index contributed by atoms with van der Waals surface area (Å²) in [4.78, 5) is 26.8. The lowest BCUT2D eigenvalue weighted by Gasteiger charge is -2.15. The number of rotatable bonds is 4. The predicted molar refractivity (Wildman–Crippen MR) is 102 cm³/mol. The van der Waals surface area contributed by atoms with Crippen LogP contribution in [0.4, 0.5) is 5.69 Å². The highest BCUT2D eigenvalue weighted by Crippen LogP contribution is 2.21. The summed E-state index contributed by atoms with van der Waals surface area (Å²) in [6, 6.07) is 9.09. The normalized spacial score (nSPS) is 14.2. The van der Waals surface area contributed by atoms with Crippen LogP contribution in [0.2, 0.25) is 0 Å². The van der Waals surface area contributed by atoms with Crippen molar-refractivity contribution in [1.29, 1.82) is 0 Å². The van der Waals surface area contributed by atoms with E-state index in [4.69, 9.17) is 0 Å². The molecule has 5 nitrogen and oxygen atoms in total. The summed E-state index contributed by atoms with van der Waals surface area (Å²) in [5, 5.41) is 2.90. The van der Waals surface area contributed by atoms with E-state index in [2.05, 4.69) is 21.2 Å². The first-order valence-electron chi connectivity index (χ1n) is 8.54. The molecule has 132 valence electrons. The molecule has 0 aliphatic carbocycles. The van der Waals surface area contributed by atoms with E-state index in [0.717, 1.165) is 30.4 Å². The standard InChI is InChI=1S/C19H22BrN3O2/c1-13(2)23-12-15(20)11-17(23)18(24)21-16-7-5-14(6-8-16)19(25)22-9-3-4-10-22/h5-8,11-13H,3-4,9-10H2,1-2H3,(H,21,24). The van der Waals surface area contributed by atoms with Crippen LogP contribution >= 0.6 is 15.9 Å². The third-order valence-electron chi connectivity index (χ3n) is 4.39. The number of amides is 2. The van der Waals surface area contributed by atoms with Crippen LogP contribution in [0.15, 0.2) is 41.0 Å². The second-order valence-electron chi connectivity index (χ2n) is 6.58. The molecular weight excluding hydrogens is 382 g/mol. The molecule has 3 rings (SSSR count). The second-order valence-corrected chi connectivity index (χ2v) is 7.49. The van der Waals surface area contributed by atoms with Gasteiger partial charge in [0.15, 0.2) is 0 Å². The van der Waals surface area contributed by atoms with Gasteiger partial charge in [0.25, 0.3) is 11.8 Å². The highest BCUT2D eigenvalue weighted by molar-refractivity contribution is 9.10. The number of hydrogen-bond acceptors (Lipinski definition) is 2. The Labute approximate surface area is 156 Å². The molecule has 2 heterocycles. The third kappa shape index (κ3) is 3.95. The van der Waals surface area contributed by atoms with Crippen molar-refractivity contribution in [1.82, 2.24) is 9.47 Å². The first kappa shape index (κ1) is 17.7. The minimum Gasteiger partial charge on any atom is -0.340 e. The number of halogens is 1. The Morgan fingerprint density at radius 3 is 2.36 bits per heavy atom. The zero-order valence-electron chi connectivity index (χ0n) is 14.5. The summed E-state index contributed by atoms with van der Waals surface area (Å²) in [5.41, 5.74) is 1.93. The van der Waals surface area contributed by atoms with Crippen LogP contribution in [0.1, 0.15) is 53.6 Å². The van der Waals surface area contributed by atoms with E-state index in [0.29, 0.717) is 16.9 Å². The lowest BCUT2D eigenvalue weighted by Crippen LogP contribution is -2.27. The topological polar surface area (TPSA) is 54.3 Å². The van der Waals surface area contributed by atoms with Gasteiger partial charge in [0.1, 0.15) is 5.69 Å². The Balaban J connectivity index is 1.71. The fraction of sp³-hybridized carbons (Fsp3) is 0.368. The predicted octanol–water partition coefficient (Wildman–Crippen LogP) is 4.32. The number of nitrogens with one attached hydrogen (secondary N) is 1. The number of likely N-dealkylation sites (tertiary alicyclic amines) is 1. The van der Waals surface area contributed by atoms with Crippen LogP contribution < -0.4 is 5.32 Å². The van der Waals surface area contributed by atoms with Gasteiger partial charge in [-0.3, -0.25) is 9.59 Å². The maximum atomic E-state index is 12.6. The van der Waals surface area contributed by atoms with Crippen LogP contribution in [0, 0.1) is 0 Å². The van der Waals surface area contributed by atoms with Gasteiger partial charge in [-0.2, -0.15) is 0 Å². The summed E-state index contributed by atoms with van der Waals surface area (Å²) >= 11 is 3.42. The van der Waals surface area contributed by atoms with Crippen LogP contribution in [0.25, 0.3) is 0 Å². The number of carbonyl (C=O) groups excluding carboxylic acids is 2. The largest absolute Gasteiger partial charge is 0.340 e. The van der Waals surface area contributed by atoms with Crippen LogP contribution in [-0.2, 0) is 0 Å². The minimum atomic E-state index is -0.169. The second kappa shape index (κ2) is 7.44. The van der Waals surface area contributed by atoms with Gasteiger partial charge in [-0.25, -0.2) is 0 Å². The zero-order chi connectivity index (χ0) is 18.0. The first-order valence-corrected chi connectivity index (χ1v) is 9.33. The maximum absolute atomic E-state index is 12.6. The van der Waals surface area contributed by atoms with E-state index >= 15 is 0 Å². The summed E-state index contributed by atoms with van der Waals surface area (Å²) in [7, 11) is 0. The van der Waals surface area contributed by atoms with Crippen LogP contribution in [0.5, 0.6) is 0 Å². The molecule has 6 heteroatoms. The van der Waals surface area contributed by atoms with E-state index < -0.39 is 0 Å². The summed E-state index contributed by atoms with van der Waals surface area (Å²) < 4.78 is 2.79. The number of anilines is 1. The van der Waals surface area contributed by atoms with Gasteiger partial charge >= 0.3 is 0 Å². The fourth-order valence-electron chi connectivity index (χ4n) is 3.05. The quantitative estimate of drug-likeness (QED) is 0.825. The first-order chi connectivity index (χ1) is 12.0. The van der Waals surface area contributed by atoms with Gasteiger partial charge in [0, 0.05) is 41.1 Å². The summed E-state index contributed by atoms with van der Waals surface area (Å²) in [6.07, 6.45) is 4.05. The molecule has 0 spiro atoms. The van der Waals surface area contributed by atoms with Gasteiger partial charge in [0.05, 0.1) is 0 Å². The molecule has 0 radical (unpaired) electrons. The number of aromatic nitrogens is 1. The minimum absolute atomic E-state index is 0.0630. The van der Waals surface area contributed by atoms with Gasteiger partial charge in [-0.15, -0.1) is 0 Å². The molecule has 1 aliphatic rings. The number of nitrogens with zero attached hydrogens (tertiary/aromatic N) is 2. The van der Waals surface area contributed by atoms with Crippen LogP contribution in [-0.4, -0.2) is 34.4 Å². The van der Waals surface area contributed by atoms with Crippen molar-refractivity contribution in [3.63, 3.8) is 0 Å².